The SMILES string of the molecule is CC(C)(C)c1cc(/C=C(/C#N)c2nn(-c3ccccc3)c(N)c2C#N)cc(C(C)(C)C)c1O. The van der Waals surface area contributed by atoms with Crippen LogP contribution in [-0.4, -0.2) is 14.9 Å². The molecule has 1 heterocycles. The molecule has 168 valence electrons. The van der Waals surface area contributed by atoms with E-state index in [1.165, 1.54) is 4.68 Å². The predicted octanol–water partition coefficient (Wildman–Crippen LogP) is 5.69. The average molecular weight is 440 g/mol. The van der Waals surface area contributed by atoms with Gasteiger partial charge in [-0.1, -0.05) is 59.7 Å². The van der Waals surface area contributed by atoms with E-state index in [4.69, 9.17) is 5.73 Å². The van der Waals surface area contributed by atoms with E-state index in [0.717, 1.165) is 16.7 Å². The van der Waals surface area contributed by atoms with Gasteiger partial charge in [0, 0.05) is 11.1 Å². The number of para-hydroxylation sites is 1. The van der Waals surface area contributed by atoms with E-state index in [1.54, 1.807) is 6.08 Å². The highest BCUT2D eigenvalue weighted by Gasteiger charge is 2.27. The fourth-order valence-electron chi connectivity index (χ4n) is 3.70. The van der Waals surface area contributed by atoms with Crippen LogP contribution in [0.1, 0.15) is 69.5 Å². The molecule has 0 radical (unpaired) electrons. The number of nitrogens with two attached hydrogens (primary N) is 1. The molecule has 3 rings (SSSR count). The number of hydrogen-bond acceptors (Lipinski definition) is 5. The zero-order valence-electron chi connectivity index (χ0n) is 19.9. The van der Waals surface area contributed by atoms with Gasteiger partial charge in [-0.05, 0) is 46.7 Å². The molecule has 0 amide bonds. The molecule has 0 unspecified atom stereocenters. The molecule has 3 N–H and O–H groups in total. The number of allylic oxidation sites excluding steroid dienone is 1. The summed E-state index contributed by atoms with van der Waals surface area (Å²) in [6, 6.07) is 17.3. The Kier molecular flexibility index (Phi) is 6.07. The molecule has 0 aliphatic heterocycles. The number of hydrogen-bond donors (Lipinski definition) is 2. The molecule has 0 bridgehead atoms. The van der Waals surface area contributed by atoms with Crippen LogP contribution in [0.15, 0.2) is 42.5 Å². The van der Waals surface area contributed by atoms with Crippen LogP contribution in [0.4, 0.5) is 5.82 Å². The molecule has 0 fully saturated rings. The van der Waals surface area contributed by atoms with E-state index in [9.17, 15) is 15.6 Å². The van der Waals surface area contributed by atoms with Crippen LogP contribution >= 0.6 is 0 Å². The number of aromatic nitrogens is 2. The van der Waals surface area contributed by atoms with Crippen LogP contribution in [0.5, 0.6) is 5.75 Å². The summed E-state index contributed by atoms with van der Waals surface area (Å²) in [5.74, 6) is 0.442. The lowest BCUT2D eigenvalue weighted by Gasteiger charge is -2.28. The van der Waals surface area contributed by atoms with E-state index < -0.39 is 0 Å². The Morgan fingerprint density at radius 3 is 2.00 bits per heavy atom. The number of phenols is 1. The third-order valence-electron chi connectivity index (χ3n) is 5.47. The van der Waals surface area contributed by atoms with Crippen molar-refractivity contribution in [1.82, 2.24) is 9.78 Å². The summed E-state index contributed by atoms with van der Waals surface area (Å²) >= 11 is 0. The van der Waals surface area contributed by atoms with Crippen LogP contribution in [-0.2, 0) is 10.8 Å². The highest BCUT2D eigenvalue weighted by Crippen LogP contribution is 2.40. The third kappa shape index (κ3) is 4.61. The summed E-state index contributed by atoms with van der Waals surface area (Å²) in [6.45, 7) is 12.2. The van der Waals surface area contributed by atoms with Crippen LogP contribution in [0.2, 0.25) is 0 Å². The van der Waals surface area contributed by atoms with Crippen LogP contribution in [0.3, 0.4) is 0 Å². The first-order valence-electron chi connectivity index (χ1n) is 10.7. The standard InChI is InChI=1S/C27H29N5O/c1-26(2,3)21-13-17(14-22(24(21)33)27(4,5)6)12-18(15-28)23-20(16-29)25(30)32(31-23)19-10-8-7-9-11-19/h7-14,33H,30H2,1-6H3/b18-12-. The van der Waals surface area contributed by atoms with Gasteiger partial charge in [-0.2, -0.15) is 15.6 Å². The number of nitrogens with zero attached hydrogens (tertiary/aromatic N) is 4. The third-order valence-corrected chi connectivity index (χ3v) is 5.47. The summed E-state index contributed by atoms with van der Waals surface area (Å²) in [6.07, 6.45) is 1.70. The smallest absolute Gasteiger partial charge is 0.145 e. The number of benzene rings is 2. The number of anilines is 1. The summed E-state index contributed by atoms with van der Waals surface area (Å²) in [7, 11) is 0. The van der Waals surface area contributed by atoms with Gasteiger partial charge in [0.2, 0.25) is 0 Å². The first kappa shape index (κ1) is 23.6. The van der Waals surface area contributed by atoms with Gasteiger partial charge < -0.3 is 10.8 Å². The van der Waals surface area contributed by atoms with Crippen molar-refractivity contribution in [2.45, 2.75) is 52.4 Å². The summed E-state index contributed by atoms with van der Waals surface area (Å²) in [5, 5.41) is 35.2. The lowest BCUT2D eigenvalue weighted by atomic mass is 9.78. The van der Waals surface area contributed by atoms with Crippen molar-refractivity contribution in [1.29, 1.82) is 10.5 Å². The average Bonchev–Trinajstić information content (AvgIpc) is 3.07. The Balaban J connectivity index is 2.25. The minimum absolute atomic E-state index is 0.150. The van der Waals surface area contributed by atoms with Gasteiger partial charge in [0.25, 0.3) is 0 Å². The molecule has 0 atom stereocenters. The molecule has 6 heteroatoms. The van der Waals surface area contributed by atoms with Crippen molar-refractivity contribution >= 4 is 17.5 Å². The van der Waals surface area contributed by atoms with E-state index in [2.05, 4.69) is 17.2 Å². The molecular weight excluding hydrogens is 410 g/mol. The highest BCUT2D eigenvalue weighted by atomic mass is 16.3. The molecule has 0 aliphatic carbocycles. The molecule has 2 aromatic carbocycles. The van der Waals surface area contributed by atoms with E-state index in [1.807, 2.05) is 84.0 Å². The predicted molar refractivity (Wildman–Crippen MR) is 132 cm³/mol. The number of aromatic hydroxyl groups is 1. The second-order valence-electron chi connectivity index (χ2n) is 10.1. The second kappa shape index (κ2) is 8.48. The molecule has 0 saturated heterocycles. The second-order valence-corrected chi connectivity index (χ2v) is 10.1. The monoisotopic (exact) mass is 439 g/mol. The first-order chi connectivity index (χ1) is 15.4. The maximum atomic E-state index is 11.0. The Hall–Kier alpha value is -4.03. The molecule has 0 aliphatic rings. The zero-order valence-corrected chi connectivity index (χ0v) is 19.9. The minimum atomic E-state index is -0.308. The van der Waals surface area contributed by atoms with Gasteiger partial charge in [-0.3, -0.25) is 0 Å². The summed E-state index contributed by atoms with van der Waals surface area (Å²) < 4.78 is 1.47. The molecule has 0 saturated carbocycles. The van der Waals surface area contributed by atoms with Crippen LogP contribution in [0.25, 0.3) is 17.3 Å². The summed E-state index contributed by atoms with van der Waals surface area (Å²) in [5.41, 5.74) is 9.22. The van der Waals surface area contributed by atoms with E-state index >= 15 is 0 Å². The Bertz CT molecular complexity index is 1270. The van der Waals surface area contributed by atoms with Crippen molar-refractivity contribution in [3.8, 4) is 23.6 Å². The maximum Gasteiger partial charge on any atom is 0.145 e. The van der Waals surface area contributed by atoms with E-state index in [0.29, 0.717) is 5.69 Å². The number of phenolic OH excluding ortho intramolecular Hbond substituents is 1. The molecule has 33 heavy (non-hydrogen) atoms. The lowest BCUT2D eigenvalue weighted by Crippen LogP contribution is -2.17. The van der Waals surface area contributed by atoms with Gasteiger partial charge in [0.15, 0.2) is 0 Å². The molecule has 1 aromatic heterocycles. The van der Waals surface area contributed by atoms with Crippen molar-refractivity contribution in [3.63, 3.8) is 0 Å². The largest absolute Gasteiger partial charge is 0.507 e. The van der Waals surface area contributed by atoms with Crippen molar-refractivity contribution < 1.29 is 5.11 Å². The van der Waals surface area contributed by atoms with Crippen molar-refractivity contribution in [2.75, 3.05) is 5.73 Å². The van der Waals surface area contributed by atoms with Gasteiger partial charge in [0.05, 0.1) is 11.3 Å². The van der Waals surface area contributed by atoms with Crippen LogP contribution < -0.4 is 5.73 Å². The highest BCUT2D eigenvalue weighted by molar-refractivity contribution is 5.91. The van der Waals surface area contributed by atoms with Gasteiger partial charge in [-0.15, -0.1) is 0 Å². The maximum absolute atomic E-state index is 11.0. The molecule has 0 spiro atoms. The van der Waals surface area contributed by atoms with Gasteiger partial charge in [-0.25, -0.2) is 4.68 Å². The topological polar surface area (TPSA) is 112 Å². The zero-order chi connectivity index (χ0) is 24.6. The Morgan fingerprint density at radius 2 is 1.55 bits per heavy atom. The summed E-state index contributed by atoms with van der Waals surface area (Å²) in [4.78, 5) is 0. The molecule has 6 nitrogen and oxygen atoms in total. The quantitative estimate of drug-likeness (QED) is 0.509. The molecular formula is C27H29N5O. The fraction of sp³-hybridized carbons (Fsp3) is 0.296. The van der Waals surface area contributed by atoms with Crippen molar-refractivity contribution in [3.05, 3.63) is 70.4 Å². The first-order valence-corrected chi connectivity index (χ1v) is 10.7. The minimum Gasteiger partial charge on any atom is -0.507 e. The van der Waals surface area contributed by atoms with Gasteiger partial charge >= 0.3 is 0 Å². The van der Waals surface area contributed by atoms with Crippen molar-refractivity contribution in [2.24, 2.45) is 0 Å². The van der Waals surface area contributed by atoms with Gasteiger partial charge in [0.1, 0.15) is 35.0 Å². The Morgan fingerprint density at radius 1 is 1.00 bits per heavy atom. The number of nitriles is 2. The molecule has 3 aromatic rings. The van der Waals surface area contributed by atoms with Crippen LogP contribution in [0, 0.1) is 22.7 Å². The lowest BCUT2D eigenvalue weighted by molar-refractivity contribution is 0.423. The normalized spacial score (nSPS) is 12.3. The number of nitrogen functional groups attached to an aromatic ring is 1. The van der Waals surface area contributed by atoms with E-state index in [-0.39, 0.29) is 39.2 Å². The fourth-order valence-corrected chi connectivity index (χ4v) is 3.70. The number of rotatable bonds is 3. The Labute approximate surface area is 195 Å².